The fraction of sp³-hybridized carbons (Fsp3) is 0.381. The quantitative estimate of drug-likeness (QED) is 0.826. The van der Waals surface area contributed by atoms with Crippen LogP contribution in [0.2, 0.25) is 5.02 Å². The molecule has 0 radical (unpaired) electrons. The second-order valence-corrected chi connectivity index (χ2v) is 8.78. The van der Waals surface area contributed by atoms with Gasteiger partial charge in [0.05, 0.1) is 0 Å². The molecule has 3 aliphatic heterocycles. The van der Waals surface area contributed by atoms with Gasteiger partial charge in [0.15, 0.2) is 0 Å². The monoisotopic (exact) mass is 386 g/mol. The summed E-state index contributed by atoms with van der Waals surface area (Å²) in [5, 5.41) is 4.02. The van der Waals surface area contributed by atoms with Crippen LogP contribution in [0, 0.1) is 5.92 Å². The van der Waals surface area contributed by atoms with Crippen molar-refractivity contribution in [1.82, 2.24) is 10.2 Å². The molecule has 26 heavy (non-hydrogen) atoms. The number of carbonyl (C=O) groups is 1. The molecule has 5 rings (SSSR count). The lowest BCUT2D eigenvalue weighted by molar-refractivity contribution is 0.0217. The molecule has 5 heteroatoms. The predicted molar refractivity (Wildman–Crippen MR) is 107 cm³/mol. The molecule has 1 N–H and O–H groups in total. The summed E-state index contributed by atoms with van der Waals surface area (Å²) in [5.74, 6) is 0.659. The van der Waals surface area contributed by atoms with Gasteiger partial charge < -0.3 is 5.32 Å². The van der Waals surface area contributed by atoms with Gasteiger partial charge in [-0.1, -0.05) is 29.4 Å². The van der Waals surface area contributed by atoms with Crippen LogP contribution in [0.4, 0.5) is 0 Å². The minimum absolute atomic E-state index is 0.0369. The largest absolute Gasteiger partial charge is 0.347 e. The highest BCUT2D eigenvalue weighted by atomic mass is 35.5. The third kappa shape index (κ3) is 3.78. The summed E-state index contributed by atoms with van der Waals surface area (Å²) >= 11 is 7.68. The molecule has 2 aromatic carbocycles. The Bertz CT molecular complexity index is 785. The van der Waals surface area contributed by atoms with Gasteiger partial charge in [-0.2, -0.15) is 0 Å². The van der Waals surface area contributed by atoms with Crippen molar-refractivity contribution in [1.29, 1.82) is 0 Å². The first kappa shape index (κ1) is 17.9. The van der Waals surface area contributed by atoms with E-state index >= 15 is 0 Å². The van der Waals surface area contributed by atoms with Crippen LogP contribution >= 0.6 is 23.4 Å². The Kier molecular flexibility index (Phi) is 5.25. The average molecular weight is 387 g/mol. The van der Waals surface area contributed by atoms with Crippen molar-refractivity contribution in [3.8, 4) is 0 Å². The molecule has 0 aliphatic carbocycles. The molecule has 136 valence electrons. The van der Waals surface area contributed by atoms with Crippen LogP contribution in [0.1, 0.15) is 30.1 Å². The Hall–Kier alpha value is -1.49. The molecule has 2 atom stereocenters. The molecule has 0 spiro atoms. The van der Waals surface area contributed by atoms with Gasteiger partial charge in [-0.05, 0) is 81.2 Å². The molecule has 0 saturated carbocycles. The topological polar surface area (TPSA) is 32.3 Å². The third-order valence-corrected chi connectivity index (χ3v) is 6.86. The second-order valence-electron chi connectivity index (χ2n) is 7.20. The van der Waals surface area contributed by atoms with E-state index in [0.29, 0.717) is 12.0 Å². The molecule has 1 amide bonds. The Morgan fingerprint density at radius 1 is 1.12 bits per heavy atom. The van der Waals surface area contributed by atoms with E-state index in [4.69, 9.17) is 11.6 Å². The molecule has 3 heterocycles. The van der Waals surface area contributed by atoms with E-state index in [1.54, 1.807) is 11.8 Å². The molecular formula is C21H23ClN2OS. The maximum absolute atomic E-state index is 12.7. The number of benzene rings is 2. The van der Waals surface area contributed by atoms with Crippen LogP contribution in [-0.2, 0) is 0 Å². The lowest BCUT2D eigenvalue weighted by atomic mass is 9.79. The maximum atomic E-state index is 12.7. The fourth-order valence-electron chi connectivity index (χ4n) is 4.12. The minimum atomic E-state index is 0.0369. The zero-order valence-corrected chi connectivity index (χ0v) is 16.4. The number of piperidine rings is 3. The summed E-state index contributed by atoms with van der Waals surface area (Å²) in [6.45, 7) is 4.59. The number of hydrogen-bond acceptors (Lipinski definition) is 3. The van der Waals surface area contributed by atoms with Gasteiger partial charge in [0, 0.05) is 32.5 Å². The summed E-state index contributed by atoms with van der Waals surface area (Å²) in [5.41, 5.74) is 0.726. The van der Waals surface area contributed by atoms with E-state index in [-0.39, 0.29) is 11.9 Å². The zero-order valence-electron chi connectivity index (χ0n) is 14.8. The van der Waals surface area contributed by atoms with E-state index in [1.165, 1.54) is 25.9 Å². The molecular weight excluding hydrogens is 364 g/mol. The van der Waals surface area contributed by atoms with Crippen molar-refractivity contribution < 1.29 is 4.79 Å². The molecule has 2 aromatic rings. The Morgan fingerprint density at radius 2 is 1.85 bits per heavy atom. The van der Waals surface area contributed by atoms with Gasteiger partial charge >= 0.3 is 0 Å². The molecule has 3 saturated heterocycles. The molecule has 2 unspecified atom stereocenters. The zero-order chi connectivity index (χ0) is 18.1. The van der Waals surface area contributed by atoms with Crippen molar-refractivity contribution in [2.24, 2.45) is 5.92 Å². The Morgan fingerprint density at radius 3 is 2.50 bits per heavy atom. The SMILES string of the molecule is CC1C(NC(=O)c2ccc(Sc3cccc(Cl)c3)cc2)C2CCN1CC2. The van der Waals surface area contributed by atoms with Gasteiger partial charge in [-0.25, -0.2) is 0 Å². The van der Waals surface area contributed by atoms with Crippen LogP contribution in [0.5, 0.6) is 0 Å². The van der Waals surface area contributed by atoms with Crippen LogP contribution < -0.4 is 5.32 Å². The first-order valence-electron chi connectivity index (χ1n) is 9.18. The van der Waals surface area contributed by atoms with Crippen LogP contribution in [-0.4, -0.2) is 36.0 Å². The normalized spacial score (nSPS) is 27.3. The van der Waals surface area contributed by atoms with E-state index in [2.05, 4.69) is 17.1 Å². The standard InChI is InChI=1S/C21H23ClN2OS/c1-14-20(15-9-11-24(14)12-10-15)23-21(25)16-5-7-18(8-6-16)26-19-4-2-3-17(22)13-19/h2-8,13-15,20H,9-12H2,1H3,(H,23,25). The highest BCUT2D eigenvalue weighted by Gasteiger charge is 2.40. The lowest BCUT2D eigenvalue weighted by Gasteiger charge is -2.49. The van der Waals surface area contributed by atoms with Crippen molar-refractivity contribution in [2.45, 2.75) is 41.6 Å². The molecule has 3 nitrogen and oxygen atoms in total. The van der Waals surface area contributed by atoms with Crippen molar-refractivity contribution >= 4 is 29.3 Å². The number of halogens is 1. The summed E-state index contributed by atoms with van der Waals surface area (Å²) in [4.78, 5) is 17.4. The van der Waals surface area contributed by atoms with Crippen molar-refractivity contribution in [3.63, 3.8) is 0 Å². The first-order chi connectivity index (χ1) is 12.6. The van der Waals surface area contributed by atoms with E-state index in [9.17, 15) is 4.79 Å². The van der Waals surface area contributed by atoms with Crippen LogP contribution in [0.25, 0.3) is 0 Å². The average Bonchev–Trinajstić information content (AvgIpc) is 2.65. The van der Waals surface area contributed by atoms with Gasteiger partial charge in [0.1, 0.15) is 0 Å². The summed E-state index contributed by atoms with van der Waals surface area (Å²) in [6.07, 6.45) is 2.40. The highest BCUT2D eigenvalue weighted by Crippen LogP contribution is 2.33. The number of rotatable bonds is 4. The lowest BCUT2D eigenvalue weighted by Crippen LogP contribution is -2.62. The van der Waals surface area contributed by atoms with E-state index < -0.39 is 0 Å². The molecule has 0 aromatic heterocycles. The number of fused-ring (bicyclic) bond motifs is 3. The van der Waals surface area contributed by atoms with Crippen molar-refractivity contribution in [3.05, 3.63) is 59.1 Å². The molecule has 3 fully saturated rings. The first-order valence-corrected chi connectivity index (χ1v) is 10.4. The molecule has 3 aliphatic rings. The number of hydrogen-bond donors (Lipinski definition) is 1. The third-order valence-electron chi connectivity index (χ3n) is 5.62. The van der Waals surface area contributed by atoms with Gasteiger partial charge in [-0.15, -0.1) is 0 Å². The second kappa shape index (κ2) is 7.63. The summed E-state index contributed by atoms with van der Waals surface area (Å²) in [7, 11) is 0. The number of nitrogens with zero attached hydrogens (tertiary/aromatic N) is 1. The predicted octanol–water partition coefficient (Wildman–Crippen LogP) is 4.70. The van der Waals surface area contributed by atoms with Gasteiger partial charge in [-0.3, -0.25) is 9.69 Å². The Labute approximate surface area is 164 Å². The minimum Gasteiger partial charge on any atom is -0.347 e. The number of carbonyl (C=O) groups excluding carboxylic acids is 1. The Balaban J connectivity index is 1.41. The van der Waals surface area contributed by atoms with Crippen LogP contribution in [0.15, 0.2) is 58.3 Å². The fourth-order valence-corrected chi connectivity index (χ4v) is 5.25. The van der Waals surface area contributed by atoms with Crippen molar-refractivity contribution in [2.75, 3.05) is 13.1 Å². The number of nitrogens with one attached hydrogen (secondary N) is 1. The number of amides is 1. The van der Waals surface area contributed by atoms with Gasteiger partial charge in [0.25, 0.3) is 5.91 Å². The summed E-state index contributed by atoms with van der Waals surface area (Å²) in [6, 6.07) is 16.3. The molecule has 2 bridgehead atoms. The van der Waals surface area contributed by atoms with E-state index in [0.717, 1.165) is 20.4 Å². The smallest absolute Gasteiger partial charge is 0.251 e. The van der Waals surface area contributed by atoms with Gasteiger partial charge in [0.2, 0.25) is 0 Å². The highest BCUT2D eigenvalue weighted by molar-refractivity contribution is 7.99. The summed E-state index contributed by atoms with van der Waals surface area (Å²) < 4.78 is 0. The maximum Gasteiger partial charge on any atom is 0.251 e. The van der Waals surface area contributed by atoms with Crippen LogP contribution in [0.3, 0.4) is 0 Å². The van der Waals surface area contributed by atoms with E-state index in [1.807, 2.05) is 48.5 Å².